The first kappa shape index (κ1) is 14.4. The minimum Gasteiger partial charge on any atom is -0.486 e. The molecule has 0 spiro atoms. The molecular weight excluding hydrogens is 280 g/mol. The highest BCUT2D eigenvalue weighted by Crippen LogP contribution is 2.30. The van der Waals surface area contributed by atoms with Gasteiger partial charge in [0.05, 0.1) is 0 Å². The van der Waals surface area contributed by atoms with Crippen LogP contribution in [0.1, 0.15) is 10.4 Å². The molecule has 0 bridgehead atoms. The number of carbonyl (C=O) groups excluding carboxylic acids is 1. The molecule has 0 saturated carbocycles. The highest BCUT2D eigenvalue weighted by molar-refractivity contribution is 5.95. The molecule has 5 heteroatoms. The zero-order valence-electron chi connectivity index (χ0n) is 12.8. The molecule has 2 aromatic rings. The van der Waals surface area contributed by atoms with E-state index in [2.05, 4.69) is 0 Å². The second-order valence-electron chi connectivity index (χ2n) is 5.40. The van der Waals surface area contributed by atoms with E-state index in [0.29, 0.717) is 36.8 Å². The van der Waals surface area contributed by atoms with Crippen LogP contribution in [0.15, 0.2) is 42.7 Å². The Morgan fingerprint density at radius 2 is 1.77 bits per heavy atom. The topological polar surface area (TPSA) is 42.7 Å². The number of carbonyl (C=O) groups is 1. The van der Waals surface area contributed by atoms with Crippen molar-refractivity contribution in [3.63, 3.8) is 0 Å². The van der Waals surface area contributed by atoms with Crippen LogP contribution < -0.4 is 18.9 Å². The summed E-state index contributed by atoms with van der Waals surface area (Å²) >= 11 is 0. The van der Waals surface area contributed by atoms with Gasteiger partial charge in [0, 0.05) is 37.5 Å². The summed E-state index contributed by atoms with van der Waals surface area (Å²) in [4.78, 5) is 14.4. The Labute approximate surface area is 129 Å². The van der Waals surface area contributed by atoms with Crippen LogP contribution in [0.4, 0.5) is 5.69 Å². The summed E-state index contributed by atoms with van der Waals surface area (Å²) in [5.41, 5.74) is 1.73. The van der Waals surface area contributed by atoms with E-state index in [1.807, 2.05) is 48.1 Å². The van der Waals surface area contributed by atoms with E-state index in [-0.39, 0.29) is 5.78 Å². The number of hydrogen-bond donors (Lipinski definition) is 0. The third kappa shape index (κ3) is 3.03. The number of pyridine rings is 1. The maximum atomic E-state index is 12.4. The zero-order chi connectivity index (χ0) is 15.5. The number of ketones is 1. The third-order valence-corrected chi connectivity index (χ3v) is 3.58. The maximum Gasteiger partial charge on any atom is 0.227 e. The molecule has 1 aliphatic rings. The number of nitrogens with zero attached hydrogens (tertiary/aromatic N) is 2. The largest absolute Gasteiger partial charge is 0.486 e. The van der Waals surface area contributed by atoms with Crippen LogP contribution in [0.25, 0.3) is 0 Å². The Balaban J connectivity index is 1.74. The van der Waals surface area contributed by atoms with Gasteiger partial charge >= 0.3 is 0 Å². The van der Waals surface area contributed by atoms with Gasteiger partial charge in [-0.2, -0.15) is 4.57 Å². The van der Waals surface area contributed by atoms with Gasteiger partial charge in [0.25, 0.3) is 0 Å². The lowest BCUT2D eigenvalue weighted by Gasteiger charge is -2.18. The SMILES string of the molecule is CN(C)c1cc[n+](CC(=O)c2ccc3c(c2)OCCO3)cc1. The fourth-order valence-corrected chi connectivity index (χ4v) is 2.33. The molecule has 0 aliphatic carbocycles. The molecule has 0 N–H and O–H groups in total. The van der Waals surface area contributed by atoms with E-state index in [1.165, 1.54) is 0 Å². The van der Waals surface area contributed by atoms with Gasteiger partial charge in [-0.3, -0.25) is 4.79 Å². The van der Waals surface area contributed by atoms with Gasteiger partial charge in [0.2, 0.25) is 12.3 Å². The van der Waals surface area contributed by atoms with Crippen LogP contribution in [-0.4, -0.2) is 33.1 Å². The van der Waals surface area contributed by atoms with Gasteiger partial charge in [0.15, 0.2) is 23.9 Å². The van der Waals surface area contributed by atoms with E-state index in [4.69, 9.17) is 9.47 Å². The monoisotopic (exact) mass is 299 g/mol. The predicted octanol–water partition coefficient (Wildman–Crippen LogP) is 1.69. The number of benzene rings is 1. The molecule has 0 unspecified atom stereocenters. The van der Waals surface area contributed by atoms with Gasteiger partial charge in [-0.05, 0) is 18.2 Å². The molecule has 0 amide bonds. The minimum atomic E-state index is 0.0413. The maximum absolute atomic E-state index is 12.4. The number of aromatic nitrogens is 1. The standard InChI is InChI=1S/C17H19N2O3/c1-18(2)14-5-7-19(8-6-14)12-15(20)13-3-4-16-17(11-13)22-10-9-21-16/h3-8,11H,9-10,12H2,1-2H3/q+1. The fraction of sp³-hybridized carbons (Fsp3) is 0.294. The molecule has 0 radical (unpaired) electrons. The number of Topliss-reactive ketones (excluding diaryl/α,β-unsaturated/α-hetero) is 1. The summed E-state index contributed by atoms with van der Waals surface area (Å²) in [7, 11) is 3.97. The van der Waals surface area contributed by atoms with Gasteiger partial charge in [-0.1, -0.05) is 0 Å². The van der Waals surface area contributed by atoms with Crippen LogP contribution in [-0.2, 0) is 6.54 Å². The molecule has 2 heterocycles. The summed E-state index contributed by atoms with van der Waals surface area (Å²) in [6.45, 7) is 1.37. The molecular formula is C17H19N2O3+. The Kier molecular flexibility index (Phi) is 3.96. The molecule has 0 saturated heterocycles. The van der Waals surface area contributed by atoms with Gasteiger partial charge in [0.1, 0.15) is 13.2 Å². The molecule has 1 aromatic carbocycles. The summed E-state index contributed by atoms with van der Waals surface area (Å²) in [5, 5.41) is 0. The van der Waals surface area contributed by atoms with Crippen molar-refractivity contribution in [3.8, 4) is 11.5 Å². The normalized spacial score (nSPS) is 12.8. The Morgan fingerprint density at radius 3 is 2.45 bits per heavy atom. The number of rotatable bonds is 4. The second-order valence-corrected chi connectivity index (χ2v) is 5.40. The van der Waals surface area contributed by atoms with E-state index in [9.17, 15) is 4.79 Å². The van der Waals surface area contributed by atoms with Gasteiger partial charge in [-0.15, -0.1) is 0 Å². The highest BCUT2D eigenvalue weighted by atomic mass is 16.6. The van der Waals surface area contributed by atoms with Crippen molar-refractivity contribution >= 4 is 11.5 Å². The number of ether oxygens (including phenoxy) is 2. The van der Waals surface area contributed by atoms with Crippen molar-refractivity contribution < 1.29 is 18.8 Å². The molecule has 5 nitrogen and oxygen atoms in total. The summed E-state index contributed by atoms with van der Waals surface area (Å²) in [5.74, 6) is 1.38. The molecule has 22 heavy (non-hydrogen) atoms. The van der Waals surface area contributed by atoms with E-state index in [1.54, 1.807) is 18.2 Å². The van der Waals surface area contributed by atoms with Crippen molar-refractivity contribution in [2.45, 2.75) is 6.54 Å². The lowest BCUT2D eigenvalue weighted by atomic mass is 10.1. The van der Waals surface area contributed by atoms with Crippen molar-refractivity contribution in [1.29, 1.82) is 0 Å². The first-order chi connectivity index (χ1) is 10.6. The van der Waals surface area contributed by atoms with Crippen LogP contribution >= 0.6 is 0 Å². The molecule has 0 fully saturated rings. The third-order valence-electron chi connectivity index (χ3n) is 3.58. The van der Waals surface area contributed by atoms with Gasteiger partial charge in [-0.25, -0.2) is 0 Å². The van der Waals surface area contributed by atoms with Gasteiger partial charge < -0.3 is 14.4 Å². The minimum absolute atomic E-state index is 0.0413. The van der Waals surface area contributed by atoms with Crippen molar-refractivity contribution in [2.75, 3.05) is 32.2 Å². The molecule has 1 aromatic heterocycles. The average molecular weight is 299 g/mol. The first-order valence-corrected chi connectivity index (χ1v) is 7.23. The summed E-state index contributed by atoms with van der Waals surface area (Å²) in [6.07, 6.45) is 3.82. The predicted molar refractivity (Wildman–Crippen MR) is 82.7 cm³/mol. The van der Waals surface area contributed by atoms with Crippen molar-refractivity contribution in [2.24, 2.45) is 0 Å². The lowest BCUT2D eigenvalue weighted by Crippen LogP contribution is -2.37. The van der Waals surface area contributed by atoms with Crippen LogP contribution in [0, 0.1) is 0 Å². The molecule has 114 valence electrons. The van der Waals surface area contributed by atoms with Crippen LogP contribution in [0.5, 0.6) is 11.5 Å². The number of fused-ring (bicyclic) bond motifs is 1. The molecule has 1 aliphatic heterocycles. The van der Waals surface area contributed by atoms with E-state index < -0.39 is 0 Å². The number of anilines is 1. The van der Waals surface area contributed by atoms with Crippen molar-refractivity contribution in [1.82, 2.24) is 0 Å². The average Bonchev–Trinajstić information content (AvgIpc) is 2.55. The van der Waals surface area contributed by atoms with Crippen LogP contribution in [0.3, 0.4) is 0 Å². The van der Waals surface area contributed by atoms with Crippen molar-refractivity contribution in [3.05, 3.63) is 48.3 Å². The molecule has 0 atom stereocenters. The highest BCUT2D eigenvalue weighted by Gasteiger charge is 2.17. The Morgan fingerprint density at radius 1 is 1.09 bits per heavy atom. The number of hydrogen-bond acceptors (Lipinski definition) is 4. The van der Waals surface area contributed by atoms with Crippen LogP contribution in [0.2, 0.25) is 0 Å². The second kappa shape index (κ2) is 6.05. The lowest BCUT2D eigenvalue weighted by molar-refractivity contribution is -0.683. The zero-order valence-corrected chi connectivity index (χ0v) is 12.8. The van der Waals surface area contributed by atoms with E-state index in [0.717, 1.165) is 5.69 Å². The Hall–Kier alpha value is -2.56. The fourth-order valence-electron chi connectivity index (χ4n) is 2.33. The van der Waals surface area contributed by atoms with E-state index >= 15 is 0 Å². The summed E-state index contributed by atoms with van der Waals surface area (Å²) in [6, 6.07) is 9.30. The summed E-state index contributed by atoms with van der Waals surface area (Å²) < 4.78 is 12.9. The first-order valence-electron chi connectivity index (χ1n) is 7.23. The Bertz CT molecular complexity index is 681. The quantitative estimate of drug-likeness (QED) is 0.636. The molecule has 3 rings (SSSR count). The smallest absolute Gasteiger partial charge is 0.227 e.